The van der Waals surface area contributed by atoms with Crippen LogP contribution in [0.3, 0.4) is 0 Å². The lowest BCUT2D eigenvalue weighted by atomic mass is 9.80. The highest BCUT2D eigenvalue weighted by atomic mass is 19.4. The molecule has 0 aromatic rings. The first-order valence-electron chi connectivity index (χ1n) is 4.38. The Morgan fingerprint density at radius 2 is 1.56 bits per heavy atom. The summed E-state index contributed by atoms with van der Waals surface area (Å²) >= 11 is 0. The van der Waals surface area contributed by atoms with Gasteiger partial charge in [-0.2, -0.15) is 13.2 Å². The second-order valence-electron chi connectivity index (χ2n) is 3.31. The van der Waals surface area contributed by atoms with E-state index in [4.69, 9.17) is 19.8 Å². The maximum absolute atomic E-state index is 11.8. The lowest BCUT2D eigenvalue weighted by Gasteiger charge is -2.36. The fourth-order valence-corrected chi connectivity index (χ4v) is 1.12. The third-order valence-electron chi connectivity index (χ3n) is 2.19. The van der Waals surface area contributed by atoms with E-state index in [1.807, 2.05) is 0 Å². The van der Waals surface area contributed by atoms with E-state index in [0.717, 1.165) is 0 Å². The highest BCUT2D eigenvalue weighted by Crippen LogP contribution is 2.40. The number of carboxylic acids is 2. The average molecular weight is 243 g/mol. The second-order valence-corrected chi connectivity index (χ2v) is 3.31. The van der Waals surface area contributed by atoms with E-state index < -0.39 is 24.0 Å². The van der Waals surface area contributed by atoms with E-state index in [2.05, 4.69) is 5.32 Å². The Bertz CT molecular complexity index is 248. The molecule has 0 atom stereocenters. The number of carbonyl (C=O) groups is 2. The highest BCUT2D eigenvalue weighted by molar-refractivity contribution is 6.27. The zero-order valence-electron chi connectivity index (χ0n) is 8.41. The number of hydrogen-bond donors (Lipinski definition) is 3. The molecule has 0 unspecified atom stereocenters. The van der Waals surface area contributed by atoms with Gasteiger partial charge >= 0.3 is 18.1 Å². The van der Waals surface area contributed by atoms with Crippen LogP contribution in [-0.2, 0) is 9.59 Å². The van der Waals surface area contributed by atoms with E-state index in [1.165, 1.54) is 0 Å². The van der Waals surface area contributed by atoms with Gasteiger partial charge in [0.15, 0.2) is 0 Å². The van der Waals surface area contributed by atoms with Gasteiger partial charge in [0, 0.05) is 6.04 Å². The molecule has 1 fully saturated rings. The molecule has 8 heteroatoms. The molecule has 1 rings (SSSR count). The first-order chi connectivity index (χ1) is 7.18. The van der Waals surface area contributed by atoms with Crippen molar-refractivity contribution in [3.8, 4) is 0 Å². The average Bonchev–Trinajstić information content (AvgIpc) is 2.00. The number of hydrogen-bond acceptors (Lipinski definition) is 3. The van der Waals surface area contributed by atoms with Gasteiger partial charge in [-0.05, 0) is 19.9 Å². The topological polar surface area (TPSA) is 86.6 Å². The Labute approximate surface area is 89.3 Å². The van der Waals surface area contributed by atoms with Crippen molar-refractivity contribution in [2.45, 2.75) is 25.1 Å². The number of rotatable bonds is 1. The van der Waals surface area contributed by atoms with Gasteiger partial charge in [-0.1, -0.05) is 0 Å². The summed E-state index contributed by atoms with van der Waals surface area (Å²) < 4.78 is 35.3. The van der Waals surface area contributed by atoms with Crippen LogP contribution in [0.2, 0.25) is 0 Å². The minimum Gasteiger partial charge on any atom is -0.473 e. The van der Waals surface area contributed by atoms with Gasteiger partial charge in [-0.3, -0.25) is 0 Å². The third kappa shape index (κ3) is 4.96. The third-order valence-corrected chi connectivity index (χ3v) is 2.19. The largest absolute Gasteiger partial charge is 0.473 e. The van der Waals surface area contributed by atoms with Crippen LogP contribution in [0.4, 0.5) is 13.2 Å². The molecule has 0 spiro atoms. The van der Waals surface area contributed by atoms with E-state index in [0.29, 0.717) is 0 Å². The predicted octanol–water partition coefficient (Wildman–Crippen LogP) is 0.702. The SMILES string of the molecule is CNC1CC(C(F)(F)F)C1.O=C(O)C(=O)O. The van der Waals surface area contributed by atoms with Crippen molar-refractivity contribution in [3.63, 3.8) is 0 Å². The monoisotopic (exact) mass is 243 g/mol. The van der Waals surface area contributed by atoms with E-state index in [-0.39, 0.29) is 18.9 Å². The van der Waals surface area contributed by atoms with Gasteiger partial charge in [0.25, 0.3) is 0 Å². The molecular formula is C8H12F3NO4. The molecule has 0 amide bonds. The van der Waals surface area contributed by atoms with Crippen LogP contribution in [0.1, 0.15) is 12.8 Å². The Kier molecular flexibility index (Phi) is 5.22. The van der Waals surface area contributed by atoms with Crippen LogP contribution in [0.5, 0.6) is 0 Å². The van der Waals surface area contributed by atoms with Crippen molar-refractivity contribution in [2.24, 2.45) is 5.92 Å². The van der Waals surface area contributed by atoms with Crippen LogP contribution in [0.15, 0.2) is 0 Å². The fourth-order valence-electron chi connectivity index (χ4n) is 1.12. The molecule has 0 aromatic carbocycles. The number of aliphatic carboxylic acids is 2. The van der Waals surface area contributed by atoms with E-state index in [1.54, 1.807) is 7.05 Å². The Morgan fingerprint density at radius 3 is 1.75 bits per heavy atom. The number of carboxylic acid groups (broad SMARTS) is 2. The summed E-state index contributed by atoms with van der Waals surface area (Å²) in [4.78, 5) is 18.2. The molecule has 0 saturated heterocycles. The smallest absolute Gasteiger partial charge is 0.414 e. The fraction of sp³-hybridized carbons (Fsp3) is 0.750. The predicted molar refractivity (Wildman–Crippen MR) is 46.9 cm³/mol. The van der Waals surface area contributed by atoms with Gasteiger partial charge in [0.2, 0.25) is 0 Å². The first kappa shape index (κ1) is 14.7. The molecule has 0 radical (unpaired) electrons. The summed E-state index contributed by atoms with van der Waals surface area (Å²) in [7, 11) is 1.69. The standard InChI is InChI=1S/C6H10F3N.C2H2O4/c1-10-5-2-4(3-5)6(7,8)9;3-1(4)2(5)6/h4-5,10H,2-3H2,1H3;(H,3,4)(H,5,6). The lowest BCUT2D eigenvalue weighted by molar-refractivity contribution is -0.198. The first-order valence-corrected chi connectivity index (χ1v) is 4.38. The van der Waals surface area contributed by atoms with Crippen molar-refractivity contribution in [2.75, 3.05) is 7.05 Å². The molecule has 0 bridgehead atoms. The van der Waals surface area contributed by atoms with Gasteiger partial charge < -0.3 is 15.5 Å². The van der Waals surface area contributed by atoms with Gasteiger partial charge in [-0.15, -0.1) is 0 Å². The van der Waals surface area contributed by atoms with Gasteiger partial charge in [0.05, 0.1) is 5.92 Å². The minimum absolute atomic E-state index is 0.0895. The Morgan fingerprint density at radius 1 is 1.19 bits per heavy atom. The zero-order chi connectivity index (χ0) is 12.9. The maximum atomic E-state index is 11.8. The maximum Gasteiger partial charge on any atom is 0.414 e. The van der Waals surface area contributed by atoms with Crippen LogP contribution < -0.4 is 5.32 Å². The number of nitrogens with one attached hydrogen (secondary N) is 1. The van der Waals surface area contributed by atoms with Crippen LogP contribution in [0, 0.1) is 5.92 Å². The molecule has 1 saturated carbocycles. The number of halogens is 3. The van der Waals surface area contributed by atoms with Crippen LogP contribution in [-0.4, -0.2) is 41.4 Å². The summed E-state index contributed by atoms with van der Waals surface area (Å²) in [6.07, 6.45) is -3.46. The second kappa shape index (κ2) is 5.69. The molecule has 0 aromatic heterocycles. The molecule has 94 valence electrons. The quantitative estimate of drug-likeness (QED) is 0.590. The van der Waals surface area contributed by atoms with Crippen molar-refractivity contribution in [1.29, 1.82) is 0 Å². The normalized spacial score (nSPS) is 23.8. The van der Waals surface area contributed by atoms with Crippen LogP contribution >= 0.6 is 0 Å². The summed E-state index contributed by atoms with van der Waals surface area (Å²) in [5.74, 6) is -4.70. The van der Waals surface area contributed by atoms with Gasteiger partial charge in [-0.25, -0.2) is 9.59 Å². The molecule has 0 aliphatic heterocycles. The van der Waals surface area contributed by atoms with Crippen molar-refractivity contribution < 1.29 is 33.0 Å². The number of alkyl halides is 3. The molecule has 1 aliphatic carbocycles. The van der Waals surface area contributed by atoms with Crippen molar-refractivity contribution in [1.82, 2.24) is 5.32 Å². The van der Waals surface area contributed by atoms with Crippen molar-refractivity contribution >= 4 is 11.9 Å². The highest BCUT2D eigenvalue weighted by Gasteiger charge is 2.47. The molecule has 16 heavy (non-hydrogen) atoms. The zero-order valence-corrected chi connectivity index (χ0v) is 8.41. The molecule has 5 nitrogen and oxygen atoms in total. The molecule has 3 N–H and O–H groups in total. The molecule has 0 heterocycles. The summed E-state index contributed by atoms with van der Waals surface area (Å²) in [6.45, 7) is 0. The Balaban J connectivity index is 0.000000325. The summed E-state index contributed by atoms with van der Waals surface area (Å²) in [5.41, 5.74) is 0. The summed E-state index contributed by atoms with van der Waals surface area (Å²) in [5, 5.41) is 17.6. The summed E-state index contributed by atoms with van der Waals surface area (Å²) in [6, 6.07) is 0.0895. The van der Waals surface area contributed by atoms with Crippen molar-refractivity contribution in [3.05, 3.63) is 0 Å². The minimum atomic E-state index is -3.96. The Hall–Kier alpha value is -1.31. The van der Waals surface area contributed by atoms with E-state index in [9.17, 15) is 13.2 Å². The molecular weight excluding hydrogens is 231 g/mol. The lowest BCUT2D eigenvalue weighted by Crippen LogP contribution is -2.45. The van der Waals surface area contributed by atoms with E-state index >= 15 is 0 Å². The molecule has 1 aliphatic rings. The van der Waals surface area contributed by atoms with Crippen LogP contribution in [0.25, 0.3) is 0 Å². The van der Waals surface area contributed by atoms with Gasteiger partial charge in [0.1, 0.15) is 0 Å².